The summed E-state index contributed by atoms with van der Waals surface area (Å²) >= 11 is 0. The lowest BCUT2D eigenvalue weighted by atomic mass is 10.4. The van der Waals surface area contributed by atoms with Crippen molar-refractivity contribution in [3.63, 3.8) is 0 Å². The molecule has 2 aliphatic heterocycles. The molecule has 0 amide bonds. The van der Waals surface area contributed by atoms with Crippen LogP contribution in [-0.2, 0) is 0 Å². The van der Waals surface area contributed by atoms with Gasteiger partial charge in [0.05, 0.1) is 0 Å². The Morgan fingerprint density at radius 3 is 2.92 bits per heavy atom. The molecule has 5 N–H and O–H groups in total. The van der Waals surface area contributed by atoms with E-state index in [1.165, 1.54) is 0 Å². The molecule has 2 aliphatic rings. The third kappa shape index (κ3) is 1.30. The molecule has 0 bridgehead atoms. The van der Waals surface area contributed by atoms with Crippen LogP contribution in [0.1, 0.15) is 0 Å². The molecule has 2 rings (SSSR count). The molecular formula is C4H7N7O2. The largest absolute Gasteiger partial charge is 0.370 e. The first-order chi connectivity index (χ1) is 6.15. The molecule has 2 unspecified atom stereocenters. The lowest BCUT2D eigenvalue weighted by molar-refractivity contribution is -0.485. The van der Waals surface area contributed by atoms with Crippen LogP contribution < -0.4 is 21.7 Å². The van der Waals surface area contributed by atoms with E-state index in [1.807, 2.05) is 0 Å². The number of fused-ring (bicyclic) bond motifs is 1. The number of rotatable bonds is 1. The van der Waals surface area contributed by atoms with E-state index in [-0.39, 0.29) is 18.3 Å². The molecule has 0 saturated carbocycles. The van der Waals surface area contributed by atoms with Crippen LogP contribution in [-0.4, -0.2) is 29.3 Å². The van der Waals surface area contributed by atoms with E-state index in [0.717, 1.165) is 0 Å². The number of nitrogens with zero attached hydrogens (tertiary/aromatic N) is 3. The number of guanidine groups is 2. The fourth-order valence-corrected chi connectivity index (χ4v) is 1.20. The van der Waals surface area contributed by atoms with Gasteiger partial charge in [0.15, 0.2) is 17.2 Å². The summed E-state index contributed by atoms with van der Waals surface area (Å²) in [6.07, 6.45) is -0.572. The zero-order chi connectivity index (χ0) is 9.42. The second kappa shape index (κ2) is 2.47. The Labute approximate surface area is 72.2 Å². The average Bonchev–Trinajstić information content (AvgIpc) is 2.41. The fraction of sp³-hybridized carbons (Fsp3) is 0.500. The van der Waals surface area contributed by atoms with Gasteiger partial charge in [0.25, 0.3) is 5.96 Å². The highest BCUT2D eigenvalue weighted by atomic mass is 16.7. The van der Waals surface area contributed by atoms with E-state index < -0.39 is 5.03 Å². The number of nitrogens with two attached hydrogens (primary N) is 1. The highest BCUT2D eigenvalue weighted by molar-refractivity contribution is 5.87. The van der Waals surface area contributed by atoms with Crippen molar-refractivity contribution in [1.82, 2.24) is 16.0 Å². The van der Waals surface area contributed by atoms with E-state index >= 15 is 0 Å². The summed E-state index contributed by atoms with van der Waals surface area (Å²) in [5.41, 5.74) is 5.36. The molecule has 1 saturated heterocycles. The van der Waals surface area contributed by atoms with Crippen LogP contribution in [0.5, 0.6) is 0 Å². The molecule has 0 aromatic rings. The Hall–Kier alpha value is -2.06. The summed E-state index contributed by atoms with van der Waals surface area (Å²) < 4.78 is 0. The molecule has 2 atom stereocenters. The molecule has 2 heterocycles. The summed E-state index contributed by atoms with van der Waals surface area (Å²) in [5.74, 6) is 0.388. The van der Waals surface area contributed by atoms with Crippen LogP contribution in [0.4, 0.5) is 0 Å². The maximum Gasteiger partial charge on any atom is 0.272 e. The van der Waals surface area contributed by atoms with Crippen LogP contribution in [0.15, 0.2) is 10.1 Å². The molecule has 0 spiro atoms. The summed E-state index contributed by atoms with van der Waals surface area (Å²) in [7, 11) is 0. The van der Waals surface area contributed by atoms with Gasteiger partial charge in [-0.1, -0.05) is 0 Å². The minimum Gasteiger partial charge on any atom is -0.370 e. The number of hydrazone groups is 1. The van der Waals surface area contributed by atoms with E-state index in [9.17, 15) is 10.1 Å². The number of nitro groups is 1. The number of hydrogen-bond donors (Lipinski definition) is 4. The summed E-state index contributed by atoms with van der Waals surface area (Å²) in [6, 6.07) is 0. The van der Waals surface area contributed by atoms with Crippen molar-refractivity contribution in [2.45, 2.75) is 12.3 Å². The first-order valence-electron chi connectivity index (χ1n) is 3.51. The van der Waals surface area contributed by atoms with E-state index in [0.29, 0.717) is 5.96 Å². The number of hydrogen-bond acceptors (Lipinski definition) is 5. The Balaban J connectivity index is 2.08. The van der Waals surface area contributed by atoms with Gasteiger partial charge in [0, 0.05) is 0 Å². The van der Waals surface area contributed by atoms with Crippen molar-refractivity contribution < 1.29 is 5.03 Å². The first kappa shape index (κ1) is 7.58. The smallest absolute Gasteiger partial charge is 0.272 e. The third-order valence-corrected chi connectivity index (χ3v) is 1.66. The van der Waals surface area contributed by atoms with Crippen molar-refractivity contribution in [2.75, 3.05) is 0 Å². The minimum atomic E-state index is -0.788. The van der Waals surface area contributed by atoms with Gasteiger partial charge >= 0.3 is 0 Å². The van der Waals surface area contributed by atoms with E-state index in [2.05, 4.69) is 26.0 Å². The summed E-state index contributed by atoms with van der Waals surface area (Å²) in [5, 5.41) is 20.4. The Kier molecular flexibility index (Phi) is 1.44. The highest BCUT2D eigenvalue weighted by Crippen LogP contribution is 2.05. The zero-order valence-corrected chi connectivity index (χ0v) is 6.39. The van der Waals surface area contributed by atoms with E-state index in [4.69, 9.17) is 5.73 Å². The summed E-state index contributed by atoms with van der Waals surface area (Å²) in [4.78, 5) is 13.9. The monoisotopic (exact) mass is 185 g/mol. The SMILES string of the molecule is NC1=NC2NC(=N[N+](=O)[O-])NC2N1. The fourth-order valence-electron chi connectivity index (χ4n) is 1.20. The molecule has 70 valence electrons. The summed E-state index contributed by atoms with van der Waals surface area (Å²) in [6.45, 7) is 0. The van der Waals surface area contributed by atoms with Crippen molar-refractivity contribution in [3.05, 3.63) is 10.1 Å². The predicted molar refractivity (Wildman–Crippen MR) is 43.0 cm³/mol. The van der Waals surface area contributed by atoms with Gasteiger partial charge in [0.1, 0.15) is 11.3 Å². The van der Waals surface area contributed by atoms with Gasteiger partial charge in [-0.25, -0.2) is 15.1 Å². The second-order valence-electron chi connectivity index (χ2n) is 2.56. The molecule has 13 heavy (non-hydrogen) atoms. The van der Waals surface area contributed by atoms with Gasteiger partial charge in [-0.15, -0.1) is 0 Å². The minimum absolute atomic E-state index is 0.0868. The Bertz CT molecular complexity index is 310. The molecule has 1 fully saturated rings. The van der Waals surface area contributed by atoms with Crippen molar-refractivity contribution in [2.24, 2.45) is 15.8 Å². The molecule has 0 aromatic heterocycles. The van der Waals surface area contributed by atoms with Gasteiger partial charge in [-0.3, -0.25) is 0 Å². The standard InChI is InChI=1S/C4H7N7O2/c5-3-6-1-2(7-3)9-4(8-1)10-11(12)13/h1-2H,(H3,5,6,7)(H2,8,9,10). The Morgan fingerprint density at radius 1 is 1.54 bits per heavy atom. The topological polar surface area (TPSA) is 130 Å². The quantitative estimate of drug-likeness (QED) is 0.259. The molecular weight excluding hydrogens is 178 g/mol. The predicted octanol–water partition coefficient (Wildman–Crippen LogP) is -2.70. The highest BCUT2D eigenvalue weighted by Gasteiger charge is 2.36. The normalized spacial score (nSPS) is 32.9. The lowest BCUT2D eigenvalue weighted by Gasteiger charge is -2.05. The average molecular weight is 185 g/mol. The van der Waals surface area contributed by atoms with E-state index in [1.54, 1.807) is 0 Å². The van der Waals surface area contributed by atoms with Crippen molar-refractivity contribution in [3.8, 4) is 0 Å². The van der Waals surface area contributed by atoms with Gasteiger partial charge in [-0.2, -0.15) is 0 Å². The maximum atomic E-state index is 10.00. The van der Waals surface area contributed by atoms with Gasteiger partial charge < -0.3 is 21.7 Å². The van der Waals surface area contributed by atoms with Crippen LogP contribution in [0.3, 0.4) is 0 Å². The van der Waals surface area contributed by atoms with Crippen LogP contribution in [0.25, 0.3) is 0 Å². The van der Waals surface area contributed by atoms with Gasteiger partial charge in [0.2, 0.25) is 0 Å². The molecule has 0 aliphatic carbocycles. The van der Waals surface area contributed by atoms with Crippen LogP contribution >= 0.6 is 0 Å². The molecule has 0 radical (unpaired) electrons. The second-order valence-corrected chi connectivity index (χ2v) is 2.56. The first-order valence-corrected chi connectivity index (χ1v) is 3.51. The van der Waals surface area contributed by atoms with Crippen LogP contribution in [0, 0.1) is 10.1 Å². The number of aliphatic imine (C=N–C) groups is 1. The lowest BCUT2D eigenvalue weighted by Crippen LogP contribution is -2.44. The van der Waals surface area contributed by atoms with Crippen molar-refractivity contribution >= 4 is 11.9 Å². The molecule has 0 aromatic carbocycles. The van der Waals surface area contributed by atoms with Crippen LogP contribution in [0.2, 0.25) is 0 Å². The van der Waals surface area contributed by atoms with Crippen molar-refractivity contribution in [1.29, 1.82) is 0 Å². The van der Waals surface area contributed by atoms with Gasteiger partial charge in [-0.05, 0) is 0 Å². The maximum absolute atomic E-state index is 10.00. The number of nitrogens with one attached hydrogen (secondary N) is 3. The zero-order valence-electron chi connectivity index (χ0n) is 6.39. The third-order valence-electron chi connectivity index (χ3n) is 1.66. The molecule has 9 heteroatoms. The Morgan fingerprint density at radius 2 is 2.31 bits per heavy atom. The molecule has 9 nitrogen and oxygen atoms in total.